The molecule has 1 aliphatic rings. The summed E-state index contributed by atoms with van der Waals surface area (Å²) in [5, 5.41) is 9.16. The van der Waals surface area contributed by atoms with Crippen molar-refractivity contribution >= 4 is 11.9 Å². The summed E-state index contributed by atoms with van der Waals surface area (Å²) in [6.45, 7) is 2.29. The molecule has 0 radical (unpaired) electrons. The molecule has 0 fully saturated rings. The van der Waals surface area contributed by atoms with E-state index in [0.717, 1.165) is 19.3 Å². The van der Waals surface area contributed by atoms with E-state index in [1.54, 1.807) is 6.08 Å². The van der Waals surface area contributed by atoms with Crippen LogP contribution in [0.15, 0.2) is 12.2 Å². The molecule has 90 valence electrons. The number of carboxylic acids is 1. The van der Waals surface area contributed by atoms with Crippen molar-refractivity contribution in [2.75, 3.05) is 6.61 Å². The number of aliphatic carboxylic acids is 1. The summed E-state index contributed by atoms with van der Waals surface area (Å²) in [6, 6.07) is 0. The topological polar surface area (TPSA) is 63.6 Å². The van der Waals surface area contributed by atoms with Gasteiger partial charge in [0.2, 0.25) is 0 Å². The van der Waals surface area contributed by atoms with Crippen molar-refractivity contribution in [3.8, 4) is 0 Å². The second-order valence-electron chi connectivity index (χ2n) is 4.06. The predicted octanol–water partition coefficient (Wildman–Crippen LogP) is 2.14. The fraction of sp³-hybridized carbons (Fsp3) is 0.667. The van der Waals surface area contributed by atoms with Crippen LogP contribution in [0.2, 0.25) is 0 Å². The van der Waals surface area contributed by atoms with Gasteiger partial charge >= 0.3 is 11.9 Å². The zero-order valence-corrected chi connectivity index (χ0v) is 9.57. The van der Waals surface area contributed by atoms with E-state index in [1.165, 1.54) is 6.08 Å². The van der Waals surface area contributed by atoms with Crippen molar-refractivity contribution in [1.82, 2.24) is 0 Å². The fourth-order valence-electron chi connectivity index (χ4n) is 1.74. The van der Waals surface area contributed by atoms with Crippen molar-refractivity contribution < 1.29 is 19.4 Å². The van der Waals surface area contributed by atoms with Crippen molar-refractivity contribution in [2.45, 2.75) is 39.0 Å². The first-order valence-electron chi connectivity index (χ1n) is 5.72. The Morgan fingerprint density at radius 2 is 2.25 bits per heavy atom. The molecule has 1 N–H and O–H groups in total. The Labute approximate surface area is 95.3 Å². The van der Waals surface area contributed by atoms with Crippen LogP contribution in [0.1, 0.15) is 39.0 Å². The monoisotopic (exact) mass is 226 g/mol. The molecule has 0 aliphatic heterocycles. The highest BCUT2D eigenvalue weighted by molar-refractivity contribution is 6.01. The molecule has 16 heavy (non-hydrogen) atoms. The molecule has 0 bridgehead atoms. The van der Waals surface area contributed by atoms with Gasteiger partial charge in [-0.2, -0.15) is 0 Å². The summed E-state index contributed by atoms with van der Waals surface area (Å²) in [5.74, 6) is -1.73. The SMILES string of the molecule is CCCCOC(=O)C1(C(=O)O)C=CCCC1. The molecule has 1 rings (SSSR count). The molecule has 0 amide bonds. The minimum Gasteiger partial charge on any atom is -0.480 e. The van der Waals surface area contributed by atoms with E-state index in [4.69, 9.17) is 9.84 Å². The van der Waals surface area contributed by atoms with Crippen LogP contribution in [0, 0.1) is 5.41 Å². The first kappa shape index (κ1) is 12.7. The summed E-state index contributed by atoms with van der Waals surface area (Å²) in [4.78, 5) is 23.0. The van der Waals surface area contributed by atoms with E-state index < -0.39 is 17.4 Å². The lowest BCUT2D eigenvalue weighted by Crippen LogP contribution is -2.40. The van der Waals surface area contributed by atoms with Gasteiger partial charge in [-0.1, -0.05) is 25.5 Å². The maximum absolute atomic E-state index is 11.8. The minimum absolute atomic E-state index is 0.304. The number of allylic oxidation sites excluding steroid dienone is 1. The van der Waals surface area contributed by atoms with E-state index in [1.807, 2.05) is 6.92 Å². The number of carbonyl (C=O) groups is 2. The second kappa shape index (κ2) is 5.68. The summed E-state index contributed by atoms with van der Waals surface area (Å²) in [6.07, 6.45) is 6.80. The number of carboxylic acid groups (broad SMARTS) is 1. The van der Waals surface area contributed by atoms with Crippen LogP contribution in [-0.2, 0) is 14.3 Å². The molecule has 1 atom stereocenters. The van der Waals surface area contributed by atoms with E-state index in [2.05, 4.69) is 0 Å². The molecule has 1 unspecified atom stereocenters. The molecule has 1 aliphatic carbocycles. The molecule has 0 aromatic carbocycles. The number of esters is 1. The lowest BCUT2D eigenvalue weighted by Gasteiger charge is -2.26. The van der Waals surface area contributed by atoms with Crippen LogP contribution in [0.4, 0.5) is 0 Å². The van der Waals surface area contributed by atoms with E-state index >= 15 is 0 Å². The average molecular weight is 226 g/mol. The van der Waals surface area contributed by atoms with Crippen LogP contribution < -0.4 is 0 Å². The van der Waals surface area contributed by atoms with Gasteiger partial charge in [-0.05, 0) is 25.7 Å². The Morgan fingerprint density at radius 1 is 1.50 bits per heavy atom. The predicted molar refractivity (Wildman–Crippen MR) is 58.9 cm³/mol. The van der Waals surface area contributed by atoms with Gasteiger partial charge in [0.25, 0.3) is 0 Å². The largest absolute Gasteiger partial charge is 0.480 e. The lowest BCUT2D eigenvalue weighted by molar-refractivity contribution is -0.165. The molecule has 4 nitrogen and oxygen atoms in total. The van der Waals surface area contributed by atoms with Crippen LogP contribution in [0.3, 0.4) is 0 Å². The molecular weight excluding hydrogens is 208 g/mol. The first-order valence-corrected chi connectivity index (χ1v) is 5.72. The third-order valence-corrected chi connectivity index (χ3v) is 2.82. The molecule has 0 saturated heterocycles. The van der Waals surface area contributed by atoms with E-state index in [9.17, 15) is 9.59 Å². The smallest absolute Gasteiger partial charge is 0.327 e. The molecule has 0 spiro atoms. The highest BCUT2D eigenvalue weighted by atomic mass is 16.5. The summed E-state index contributed by atoms with van der Waals surface area (Å²) in [5.41, 5.74) is -1.44. The van der Waals surface area contributed by atoms with Crippen LogP contribution >= 0.6 is 0 Å². The number of ether oxygens (including phenoxy) is 1. The van der Waals surface area contributed by atoms with Crippen molar-refractivity contribution in [3.05, 3.63) is 12.2 Å². The Morgan fingerprint density at radius 3 is 2.75 bits per heavy atom. The Balaban J connectivity index is 2.70. The highest BCUT2D eigenvalue weighted by Gasteiger charge is 2.45. The van der Waals surface area contributed by atoms with Crippen LogP contribution in [0.5, 0.6) is 0 Å². The number of hydrogen-bond donors (Lipinski definition) is 1. The van der Waals surface area contributed by atoms with Crippen molar-refractivity contribution in [3.63, 3.8) is 0 Å². The van der Waals surface area contributed by atoms with Gasteiger partial charge in [0, 0.05) is 0 Å². The third kappa shape index (κ3) is 2.62. The molecule has 0 aromatic heterocycles. The van der Waals surface area contributed by atoms with Gasteiger partial charge in [-0.3, -0.25) is 9.59 Å². The number of unbranched alkanes of at least 4 members (excludes halogenated alkanes) is 1. The average Bonchev–Trinajstić information content (AvgIpc) is 2.30. The molecule has 4 heteroatoms. The van der Waals surface area contributed by atoms with E-state index in [-0.39, 0.29) is 0 Å². The summed E-state index contributed by atoms with van der Waals surface area (Å²) >= 11 is 0. The minimum atomic E-state index is -1.44. The van der Waals surface area contributed by atoms with Gasteiger partial charge in [0.05, 0.1) is 6.61 Å². The zero-order valence-electron chi connectivity index (χ0n) is 9.57. The summed E-state index contributed by atoms with van der Waals surface area (Å²) < 4.78 is 5.02. The summed E-state index contributed by atoms with van der Waals surface area (Å²) in [7, 11) is 0. The van der Waals surface area contributed by atoms with Crippen molar-refractivity contribution in [2.24, 2.45) is 5.41 Å². The number of hydrogen-bond acceptors (Lipinski definition) is 3. The Hall–Kier alpha value is -1.32. The maximum Gasteiger partial charge on any atom is 0.327 e. The fourth-order valence-corrected chi connectivity index (χ4v) is 1.74. The lowest BCUT2D eigenvalue weighted by atomic mass is 9.79. The van der Waals surface area contributed by atoms with E-state index in [0.29, 0.717) is 19.4 Å². The standard InChI is InChI=1S/C12H18O4/c1-2-3-9-16-11(15)12(10(13)14)7-5-4-6-8-12/h5,7H,2-4,6,8-9H2,1H3,(H,13,14). The van der Waals surface area contributed by atoms with Crippen LogP contribution in [0.25, 0.3) is 0 Å². The van der Waals surface area contributed by atoms with Gasteiger partial charge in [-0.25, -0.2) is 0 Å². The second-order valence-corrected chi connectivity index (χ2v) is 4.06. The van der Waals surface area contributed by atoms with Gasteiger partial charge in [0.1, 0.15) is 0 Å². The Kier molecular flexibility index (Phi) is 4.52. The van der Waals surface area contributed by atoms with Crippen molar-refractivity contribution in [1.29, 1.82) is 0 Å². The molecular formula is C12H18O4. The number of carbonyl (C=O) groups excluding carboxylic acids is 1. The quantitative estimate of drug-likeness (QED) is 0.337. The highest BCUT2D eigenvalue weighted by Crippen LogP contribution is 2.32. The maximum atomic E-state index is 11.8. The zero-order chi connectivity index (χ0) is 12.0. The first-order chi connectivity index (χ1) is 7.63. The molecule has 0 saturated carbocycles. The van der Waals surface area contributed by atoms with Gasteiger partial charge < -0.3 is 9.84 Å². The van der Waals surface area contributed by atoms with Gasteiger partial charge in [-0.15, -0.1) is 0 Å². The Bertz CT molecular complexity index is 295. The normalized spacial score (nSPS) is 24.1. The molecule has 0 aromatic rings. The third-order valence-electron chi connectivity index (χ3n) is 2.82. The number of rotatable bonds is 5. The molecule has 0 heterocycles. The van der Waals surface area contributed by atoms with Crippen LogP contribution in [-0.4, -0.2) is 23.7 Å². The van der Waals surface area contributed by atoms with Gasteiger partial charge in [0.15, 0.2) is 5.41 Å².